The lowest BCUT2D eigenvalue weighted by Gasteiger charge is -2.17. The number of rotatable bonds is 6. The first-order valence-electron chi connectivity index (χ1n) is 6.75. The van der Waals surface area contributed by atoms with Crippen molar-refractivity contribution in [2.45, 2.75) is 12.8 Å². The summed E-state index contributed by atoms with van der Waals surface area (Å²) in [6, 6.07) is 14.7. The lowest BCUT2D eigenvalue weighted by atomic mass is 9.94. The predicted octanol–water partition coefficient (Wildman–Crippen LogP) is 6.02. The van der Waals surface area contributed by atoms with E-state index >= 15 is 0 Å². The number of hydrogen-bond donors (Lipinski definition) is 0. The van der Waals surface area contributed by atoms with Crippen molar-refractivity contribution in [2.75, 3.05) is 12.4 Å². The minimum Gasteiger partial charge on any atom is -0.496 e. The summed E-state index contributed by atoms with van der Waals surface area (Å²) < 4.78 is 7.70. The Morgan fingerprint density at radius 3 is 2.43 bits per heavy atom. The van der Waals surface area contributed by atoms with Crippen molar-refractivity contribution in [2.24, 2.45) is 5.92 Å². The smallest absolute Gasteiger partial charge is 0.122 e. The molecule has 1 unspecified atom stereocenters. The molecular weight excluding hydrogens is 460 g/mol. The van der Waals surface area contributed by atoms with Crippen LogP contribution in [0, 0.1) is 5.92 Å². The minimum atomic E-state index is 0.530. The van der Waals surface area contributed by atoms with Crippen molar-refractivity contribution in [3.8, 4) is 5.75 Å². The van der Waals surface area contributed by atoms with E-state index in [2.05, 4.69) is 78.1 Å². The maximum atomic E-state index is 5.47. The Morgan fingerprint density at radius 1 is 1.00 bits per heavy atom. The number of alkyl halides is 1. The van der Waals surface area contributed by atoms with Crippen LogP contribution in [0.5, 0.6) is 5.75 Å². The fraction of sp³-hybridized carbons (Fsp3) is 0.294. The molecule has 0 fully saturated rings. The number of benzene rings is 2. The van der Waals surface area contributed by atoms with Crippen LogP contribution in [0.15, 0.2) is 51.4 Å². The summed E-state index contributed by atoms with van der Waals surface area (Å²) in [4.78, 5) is 0. The van der Waals surface area contributed by atoms with Gasteiger partial charge in [-0.05, 0) is 60.2 Å². The predicted molar refractivity (Wildman–Crippen MR) is 99.5 cm³/mol. The SMILES string of the molecule is COc1ccc(Br)cc1CC(CBr)Cc1cccc(Br)c1. The topological polar surface area (TPSA) is 9.23 Å². The van der Waals surface area contributed by atoms with Crippen molar-refractivity contribution < 1.29 is 4.74 Å². The van der Waals surface area contributed by atoms with Crippen molar-refractivity contribution in [3.05, 3.63) is 62.5 Å². The summed E-state index contributed by atoms with van der Waals surface area (Å²) in [6.07, 6.45) is 2.03. The lowest BCUT2D eigenvalue weighted by molar-refractivity contribution is 0.405. The number of ether oxygens (including phenoxy) is 1. The number of methoxy groups -OCH3 is 1. The summed E-state index contributed by atoms with van der Waals surface area (Å²) in [5.41, 5.74) is 2.59. The van der Waals surface area contributed by atoms with E-state index in [1.807, 2.05) is 12.1 Å². The molecule has 0 saturated carbocycles. The summed E-state index contributed by atoms with van der Waals surface area (Å²) >= 11 is 10.7. The van der Waals surface area contributed by atoms with E-state index in [4.69, 9.17) is 4.74 Å². The van der Waals surface area contributed by atoms with Gasteiger partial charge in [0.2, 0.25) is 0 Å². The van der Waals surface area contributed by atoms with E-state index in [0.717, 1.165) is 32.9 Å². The highest BCUT2D eigenvalue weighted by atomic mass is 79.9. The van der Waals surface area contributed by atoms with E-state index in [1.165, 1.54) is 11.1 Å². The summed E-state index contributed by atoms with van der Waals surface area (Å²) in [5.74, 6) is 1.49. The van der Waals surface area contributed by atoms with Crippen LogP contribution >= 0.6 is 47.8 Å². The van der Waals surface area contributed by atoms with Crippen LogP contribution in [0.4, 0.5) is 0 Å². The zero-order chi connectivity index (χ0) is 15.2. The highest BCUT2D eigenvalue weighted by Crippen LogP contribution is 2.27. The van der Waals surface area contributed by atoms with Crippen LogP contribution in [-0.4, -0.2) is 12.4 Å². The fourth-order valence-corrected chi connectivity index (χ4v) is 3.71. The molecule has 21 heavy (non-hydrogen) atoms. The second kappa shape index (κ2) is 8.35. The van der Waals surface area contributed by atoms with Crippen LogP contribution in [-0.2, 0) is 12.8 Å². The molecule has 1 atom stereocenters. The average Bonchev–Trinajstić information content (AvgIpc) is 2.47. The lowest BCUT2D eigenvalue weighted by Crippen LogP contribution is -2.11. The van der Waals surface area contributed by atoms with Gasteiger partial charge in [0.15, 0.2) is 0 Å². The molecular formula is C17H17Br3O. The normalized spacial score (nSPS) is 12.2. The number of halogens is 3. The zero-order valence-corrected chi connectivity index (χ0v) is 16.5. The molecule has 0 aliphatic rings. The second-order valence-corrected chi connectivity index (χ2v) is 7.49. The Labute approximate surface area is 151 Å². The van der Waals surface area contributed by atoms with E-state index in [9.17, 15) is 0 Å². The maximum absolute atomic E-state index is 5.47. The van der Waals surface area contributed by atoms with Gasteiger partial charge in [0.25, 0.3) is 0 Å². The molecule has 1 nitrogen and oxygen atoms in total. The first-order valence-corrected chi connectivity index (χ1v) is 9.46. The Bertz CT molecular complexity index is 598. The van der Waals surface area contributed by atoms with Gasteiger partial charge >= 0.3 is 0 Å². The summed E-state index contributed by atoms with van der Waals surface area (Å²) in [6.45, 7) is 0. The molecule has 0 heterocycles. The van der Waals surface area contributed by atoms with Crippen LogP contribution in [0.3, 0.4) is 0 Å². The van der Waals surface area contributed by atoms with Crippen LogP contribution in [0.2, 0.25) is 0 Å². The Balaban J connectivity index is 2.14. The van der Waals surface area contributed by atoms with E-state index < -0.39 is 0 Å². The van der Waals surface area contributed by atoms with Crippen molar-refractivity contribution in [3.63, 3.8) is 0 Å². The fourth-order valence-electron chi connectivity index (χ4n) is 2.40. The van der Waals surface area contributed by atoms with Gasteiger partial charge in [-0.1, -0.05) is 59.9 Å². The quantitative estimate of drug-likeness (QED) is 0.463. The molecule has 0 amide bonds. The molecule has 0 radical (unpaired) electrons. The third-order valence-electron chi connectivity index (χ3n) is 3.38. The molecule has 0 bridgehead atoms. The molecule has 0 aliphatic heterocycles. The molecule has 0 aliphatic carbocycles. The van der Waals surface area contributed by atoms with Crippen LogP contribution < -0.4 is 4.74 Å². The Morgan fingerprint density at radius 2 is 1.76 bits per heavy atom. The second-order valence-electron chi connectivity index (χ2n) is 5.01. The van der Waals surface area contributed by atoms with Crippen molar-refractivity contribution >= 4 is 47.8 Å². The molecule has 2 rings (SSSR count). The minimum absolute atomic E-state index is 0.530. The average molecular weight is 477 g/mol. The molecule has 2 aromatic rings. The largest absolute Gasteiger partial charge is 0.496 e. The molecule has 2 aromatic carbocycles. The van der Waals surface area contributed by atoms with Gasteiger partial charge in [-0.25, -0.2) is 0 Å². The Hall–Kier alpha value is -0.320. The third-order valence-corrected chi connectivity index (χ3v) is 5.28. The van der Waals surface area contributed by atoms with Gasteiger partial charge in [-0.15, -0.1) is 0 Å². The monoisotopic (exact) mass is 474 g/mol. The first kappa shape index (κ1) is 17.0. The zero-order valence-electron chi connectivity index (χ0n) is 11.8. The third kappa shape index (κ3) is 5.11. The van der Waals surface area contributed by atoms with E-state index in [1.54, 1.807) is 7.11 Å². The van der Waals surface area contributed by atoms with Gasteiger partial charge in [0.05, 0.1) is 7.11 Å². The highest BCUT2D eigenvalue weighted by Gasteiger charge is 2.13. The summed E-state index contributed by atoms with van der Waals surface area (Å²) in [5, 5.41) is 0.967. The van der Waals surface area contributed by atoms with Gasteiger partial charge in [-0.2, -0.15) is 0 Å². The summed E-state index contributed by atoms with van der Waals surface area (Å²) in [7, 11) is 1.73. The van der Waals surface area contributed by atoms with Crippen molar-refractivity contribution in [1.82, 2.24) is 0 Å². The Kier molecular flexibility index (Phi) is 6.77. The van der Waals surface area contributed by atoms with Gasteiger partial charge in [-0.3, -0.25) is 0 Å². The first-order chi connectivity index (χ1) is 10.1. The van der Waals surface area contributed by atoms with E-state index in [-0.39, 0.29) is 0 Å². The standard InChI is InChI=1S/C17H17Br3O/c1-21-17-6-5-16(20)10-14(17)8-13(11-18)7-12-3-2-4-15(19)9-12/h2-6,9-10,13H,7-8,11H2,1H3. The van der Waals surface area contributed by atoms with Gasteiger partial charge in [0.1, 0.15) is 5.75 Å². The molecule has 0 spiro atoms. The highest BCUT2D eigenvalue weighted by molar-refractivity contribution is 9.10. The van der Waals surface area contributed by atoms with Crippen LogP contribution in [0.25, 0.3) is 0 Å². The molecule has 112 valence electrons. The van der Waals surface area contributed by atoms with Crippen molar-refractivity contribution in [1.29, 1.82) is 0 Å². The maximum Gasteiger partial charge on any atom is 0.122 e. The van der Waals surface area contributed by atoms with Gasteiger partial charge < -0.3 is 4.74 Å². The molecule has 0 aromatic heterocycles. The molecule has 0 saturated heterocycles. The molecule has 4 heteroatoms. The van der Waals surface area contributed by atoms with Crippen LogP contribution in [0.1, 0.15) is 11.1 Å². The molecule has 0 N–H and O–H groups in total. The van der Waals surface area contributed by atoms with E-state index in [0.29, 0.717) is 5.92 Å². The number of hydrogen-bond acceptors (Lipinski definition) is 1. The van der Waals surface area contributed by atoms with Gasteiger partial charge in [0, 0.05) is 14.3 Å².